The van der Waals surface area contributed by atoms with Crippen molar-refractivity contribution in [1.82, 2.24) is 14.8 Å². The number of carbonyl (C=O) groups excluding carboxylic acids is 1. The highest BCUT2D eigenvalue weighted by molar-refractivity contribution is 5.93. The van der Waals surface area contributed by atoms with E-state index >= 15 is 0 Å². The van der Waals surface area contributed by atoms with Gasteiger partial charge in [0, 0.05) is 13.2 Å². The Bertz CT molecular complexity index is 542. The number of carbonyl (C=O) groups is 1. The van der Waals surface area contributed by atoms with Gasteiger partial charge in [0.05, 0.1) is 6.61 Å². The van der Waals surface area contributed by atoms with E-state index in [1.807, 2.05) is 13.1 Å². The van der Waals surface area contributed by atoms with Crippen molar-refractivity contribution in [1.29, 1.82) is 0 Å². The second-order valence-electron chi connectivity index (χ2n) is 3.58. The van der Waals surface area contributed by atoms with Crippen LogP contribution in [0.25, 0.3) is 11.5 Å². The summed E-state index contributed by atoms with van der Waals surface area (Å²) in [5, 5.41) is 4.23. The molecule has 2 aromatic rings. The van der Waals surface area contributed by atoms with Crippen molar-refractivity contribution in [2.45, 2.75) is 13.8 Å². The van der Waals surface area contributed by atoms with Crippen LogP contribution in [0.2, 0.25) is 0 Å². The van der Waals surface area contributed by atoms with Crippen LogP contribution in [-0.2, 0) is 11.8 Å². The van der Waals surface area contributed by atoms with Crippen molar-refractivity contribution >= 4 is 5.97 Å². The van der Waals surface area contributed by atoms with Crippen molar-refractivity contribution in [2.75, 3.05) is 6.61 Å². The van der Waals surface area contributed by atoms with Crippen LogP contribution in [0.4, 0.5) is 0 Å². The maximum Gasteiger partial charge on any atom is 0.361 e. The smallest absolute Gasteiger partial charge is 0.361 e. The monoisotopic (exact) mass is 235 g/mol. The number of esters is 1. The number of hydrogen-bond acceptors (Lipinski definition) is 5. The normalized spacial score (nSPS) is 10.5. The molecule has 0 N–H and O–H groups in total. The third-order valence-electron chi connectivity index (χ3n) is 2.26. The highest BCUT2D eigenvalue weighted by Gasteiger charge is 2.22. The van der Waals surface area contributed by atoms with Gasteiger partial charge in [-0.15, -0.1) is 0 Å². The molecule has 0 bridgehead atoms. The second kappa shape index (κ2) is 4.40. The van der Waals surface area contributed by atoms with E-state index in [9.17, 15) is 4.79 Å². The molecule has 0 saturated heterocycles. The summed E-state index contributed by atoms with van der Waals surface area (Å²) in [6.07, 6.45) is 3.06. The third-order valence-corrected chi connectivity index (χ3v) is 2.26. The second-order valence-corrected chi connectivity index (χ2v) is 3.58. The number of hydrogen-bond donors (Lipinski definition) is 0. The van der Waals surface area contributed by atoms with Crippen LogP contribution in [0.5, 0.6) is 0 Å². The summed E-state index contributed by atoms with van der Waals surface area (Å²) >= 11 is 0. The number of ether oxygens (including phenoxy) is 1. The Morgan fingerprint density at radius 2 is 2.35 bits per heavy atom. The van der Waals surface area contributed by atoms with Crippen LogP contribution >= 0.6 is 0 Å². The predicted octanol–water partition coefficient (Wildman–Crippen LogP) is 1.56. The lowest BCUT2D eigenvalue weighted by Crippen LogP contribution is -2.06. The molecule has 0 atom stereocenters. The average molecular weight is 235 g/mol. The summed E-state index contributed by atoms with van der Waals surface area (Å²) in [6.45, 7) is 3.93. The molecule has 0 spiro atoms. The molecule has 0 fully saturated rings. The maximum atomic E-state index is 11.6. The Morgan fingerprint density at radius 3 is 2.94 bits per heavy atom. The van der Waals surface area contributed by atoms with Gasteiger partial charge in [-0.2, -0.15) is 5.10 Å². The van der Waals surface area contributed by atoms with Crippen molar-refractivity contribution in [2.24, 2.45) is 7.05 Å². The van der Waals surface area contributed by atoms with Gasteiger partial charge in [0.25, 0.3) is 0 Å². The van der Waals surface area contributed by atoms with E-state index in [0.717, 1.165) is 5.56 Å². The zero-order valence-electron chi connectivity index (χ0n) is 9.93. The first-order valence-electron chi connectivity index (χ1n) is 5.24. The fourth-order valence-electron chi connectivity index (χ4n) is 1.59. The van der Waals surface area contributed by atoms with Crippen LogP contribution in [0.3, 0.4) is 0 Å². The van der Waals surface area contributed by atoms with Gasteiger partial charge in [0.2, 0.25) is 0 Å². The van der Waals surface area contributed by atoms with Gasteiger partial charge in [-0.1, -0.05) is 0 Å². The quantitative estimate of drug-likeness (QED) is 0.755. The number of rotatable bonds is 3. The molecular weight excluding hydrogens is 222 g/mol. The van der Waals surface area contributed by atoms with Crippen LogP contribution in [0, 0.1) is 6.92 Å². The molecule has 0 aliphatic carbocycles. The average Bonchev–Trinajstić information content (AvgIpc) is 2.84. The molecule has 17 heavy (non-hydrogen) atoms. The lowest BCUT2D eigenvalue weighted by atomic mass is 10.2. The highest BCUT2D eigenvalue weighted by atomic mass is 16.5. The molecule has 2 rings (SSSR count). The molecule has 0 aromatic carbocycles. The molecule has 6 heteroatoms. The van der Waals surface area contributed by atoms with Gasteiger partial charge in [-0.3, -0.25) is 4.68 Å². The number of aryl methyl sites for hydroxylation is 2. The first kappa shape index (κ1) is 11.4. The predicted molar refractivity (Wildman–Crippen MR) is 59.4 cm³/mol. The molecule has 0 radical (unpaired) electrons. The van der Waals surface area contributed by atoms with Crippen molar-refractivity contribution < 1.29 is 13.9 Å². The van der Waals surface area contributed by atoms with Crippen LogP contribution < -0.4 is 0 Å². The molecule has 0 amide bonds. The van der Waals surface area contributed by atoms with E-state index in [1.54, 1.807) is 18.7 Å². The zero-order chi connectivity index (χ0) is 12.4. The summed E-state index contributed by atoms with van der Waals surface area (Å²) in [6, 6.07) is 0. The standard InChI is InChI=1S/C11H13N3O3/c1-4-16-11(15)9-10(17-6-12-9)8-7(2)5-14(3)13-8/h5-6H,4H2,1-3H3. The zero-order valence-corrected chi connectivity index (χ0v) is 9.93. The van der Waals surface area contributed by atoms with Crippen molar-refractivity contribution in [3.05, 3.63) is 23.8 Å². The summed E-state index contributed by atoms with van der Waals surface area (Å²) in [4.78, 5) is 15.5. The van der Waals surface area contributed by atoms with Gasteiger partial charge in [-0.25, -0.2) is 9.78 Å². The van der Waals surface area contributed by atoms with E-state index in [4.69, 9.17) is 9.15 Å². The van der Waals surface area contributed by atoms with E-state index in [1.165, 1.54) is 6.39 Å². The van der Waals surface area contributed by atoms with Gasteiger partial charge < -0.3 is 9.15 Å². The molecule has 0 aliphatic heterocycles. The Labute approximate surface area is 98.2 Å². The first-order chi connectivity index (χ1) is 8.13. The van der Waals surface area contributed by atoms with E-state index in [2.05, 4.69) is 10.1 Å². The minimum atomic E-state index is -0.499. The molecule has 2 aromatic heterocycles. The van der Waals surface area contributed by atoms with Gasteiger partial charge >= 0.3 is 5.97 Å². The van der Waals surface area contributed by atoms with Crippen molar-refractivity contribution in [3.8, 4) is 11.5 Å². The molecule has 0 unspecified atom stereocenters. The van der Waals surface area contributed by atoms with Crippen LogP contribution in [0.15, 0.2) is 17.0 Å². The topological polar surface area (TPSA) is 70.2 Å². The van der Waals surface area contributed by atoms with Gasteiger partial charge in [0.1, 0.15) is 5.69 Å². The maximum absolute atomic E-state index is 11.6. The van der Waals surface area contributed by atoms with Crippen LogP contribution in [-0.4, -0.2) is 27.3 Å². The summed E-state index contributed by atoms with van der Waals surface area (Å²) < 4.78 is 11.8. The third kappa shape index (κ3) is 2.06. The van der Waals surface area contributed by atoms with Crippen LogP contribution in [0.1, 0.15) is 23.0 Å². The highest BCUT2D eigenvalue weighted by Crippen LogP contribution is 2.24. The Balaban J connectivity index is 2.43. The Hall–Kier alpha value is -2.11. The Kier molecular flexibility index (Phi) is 2.95. The minimum absolute atomic E-state index is 0.161. The van der Waals surface area contributed by atoms with Gasteiger partial charge in [-0.05, 0) is 19.4 Å². The molecule has 0 saturated carbocycles. The summed E-state index contributed by atoms with van der Waals surface area (Å²) in [5.74, 6) is -0.150. The number of aromatic nitrogens is 3. The number of nitrogens with zero attached hydrogens (tertiary/aromatic N) is 3. The van der Waals surface area contributed by atoms with Crippen molar-refractivity contribution in [3.63, 3.8) is 0 Å². The SMILES string of the molecule is CCOC(=O)c1ncoc1-c1nn(C)cc1C. The van der Waals surface area contributed by atoms with E-state index < -0.39 is 5.97 Å². The Morgan fingerprint density at radius 1 is 1.59 bits per heavy atom. The summed E-state index contributed by atoms with van der Waals surface area (Å²) in [5.41, 5.74) is 1.68. The molecule has 6 nitrogen and oxygen atoms in total. The van der Waals surface area contributed by atoms with E-state index in [0.29, 0.717) is 18.1 Å². The lowest BCUT2D eigenvalue weighted by Gasteiger charge is -1.99. The molecule has 90 valence electrons. The molecule has 0 aliphatic rings. The minimum Gasteiger partial charge on any atom is -0.461 e. The number of oxazole rings is 1. The largest absolute Gasteiger partial charge is 0.461 e. The molecular formula is C11H13N3O3. The van der Waals surface area contributed by atoms with E-state index in [-0.39, 0.29) is 5.69 Å². The lowest BCUT2D eigenvalue weighted by molar-refractivity contribution is 0.0520. The fraction of sp³-hybridized carbons (Fsp3) is 0.364. The first-order valence-corrected chi connectivity index (χ1v) is 5.24. The fourth-order valence-corrected chi connectivity index (χ4v) is 1.59. The van der Waals surface area contributed by atoms with Gasteiger partial charge in [0.15, 0.2) is 17.8 Å². The molecule has 2 heterocycles. The summed E-state index contributed by atoms with van der Waals surface area (Å²) in [7, 11) is 1.80.